The zero-order valence-electron chi connectivity index (χ0n) is 13.2. The Labute approximate surface area is 139 Å². The maximum atomic E-state index is 13.8. The van der Waals surface area contributed by atoms with Gasteiger partial charge in [-0.1, -0.05) is 12.1 Å². The predicted molar refractivity (Wildman–Crippen MR) is 89.3 cm³/mol. The van der Waals surface area contributed by atoms with Gasteiger partial charge in [-0.05, 0) is 41.5 Å². The first-order valence-electron chi connectivity index (χ1n) is 7.53. The van der Waals surface area contributed by atoms with Gasteiger partial charge in [0, 0.05) is 30.1 Å². The second-order valence-electron chi connectivity index (χ2n) is 5.34. The van der Waals surface area contributed by atoms with E-state index in [0.29, 0.717) is 0 Å². The number of ether oxygens (including phenoxy) is 1. The van der Waals surface area contributed by atoms with Crippen molar-refractivity contribution in [2.75, 3.05) is 13.7 Å². The van der Waals surface area contributed by atoms with E-state index in [1.54, 1.807) is 30.7 Å². The Morgan fingerprint density at radius 1 is 1.08 bits per heavy atom. The number of hydrogen-bond donors (Lipinski definition) is 1. The molecule has 122 valence electrons. The standard InChI is InChI=1S/C19H17FN2O2/c1-24-19-5-3-14(10-17(19)20)15-2-4-18(22-11-15)16(12-23)13-6-8-21-9-7-13/h2-11,16,23H,12H2,1H3. The first-order chi connectivity index (χ1) is 11.7. The van der Waals surface area contributed by atoms with Crippen LogP contribution in [0.25, 0.3) is 11.1 Å². The summed E-state index contributed by atoms with van der Waals surface area (Å²) in [6, 6.07) is 12.2. The highest BCUT2D eigenvalue weighted by Gasteiger charge is 2.15. The zero-order chi connectivity index (χ0) is 16.9. The summed E-state index contributed by atoms with van der Waals surface area (Å²) in [6.45, 7) is -0.0481. The van der Waals surface area contributed by atoms with Crippen LogP contribution in [0.2, 0.25) is 0 Å². The van der Waals surface area contributed by atoms with E-state index in [2.05, 4.69) is 9.97 Å². The SMILES string of the molecule is COc1ccc(-c2ccc(C(CO)c3ccncc3)nc2)cc1F. The fraction of sp³-hybridized carbons (Fsp3) is 0.158. The van der Waals surface area contributed by atoms with Crippen molar-refractivity contribution in [3.8, 4) is 16.9 Å². The number of methoxy groups -OCH3 is 1. The molecule has 24 heavy (non-hydrogen) atoms. The molecule has 2 heterocycles. The largest absolute Gasteiger partial charge is 0.494 e. The molecule has 0 bridgehead atoms. The third-order valence-corrected chi connectivity index (χ3v) is 3.92. The number of nitrogens with zero attached hydrogens (tertiary/aromatic N) is 2. The number of rotatable bonds is 5. The van der Waals surface area contributed by atoms with E-state index in [0.717, 1.165) is 22.4 Å². The molecule has 1 atom stereocenters. The highest BCUT2D eigenvalue weighted by molar-refractivity contribution is 5.63. The van der Waals surface area contributed by atoms with E-state index in [9.17, 15) is 9.50 Å². The van der Waals surface area contributed by atoms with Crippen LogP contribution < -0.4 is 4.74 Å². The molecule has 0 fully saturated rings. The smallest absolute Gasteiger partial charge is 0.165 e. The van der Waals surface area contributed by atoms with Crippen LogP contribution in [0.1, 0.15) is 17.2 Å². The van der Waals surface area contributed by atoms with E-state index < -0.39 is 5.82 Å². The van der Waals surface area contributed by atoms with Gasteiger partial charge in [0.1, 0.15) is 0 Å². The number of halogens is 1. The molecule has 0 aliphatic heterocycles. The van der Waals surface area contributed by atoms with Crippen LogP contribution >= 0.6 is 0 Å². The minimum Gasteiger partial charge on any atom is -0.494 e. The fourth-order valence-corrected chi connectivity index (χ4v) is 2.59. The summed E-state index contributed by atoms with van der Waals surface area (Å²) < 4.78 is 18.8. The Balaban J connectivity index is 1.89. The number of benzene rings is 1. The lowest BCUT2D eigenvalue weighted by atomic mass is 9.96. The average molecular weight is 324 g/mol. The lowest BCUT2D eigenvalue weighted by molar-refractivity contribution is 0.278. The van der Waals surface area contributed by atoms with Crippen molar-refractivity contribution >= 4 is 0 Å². The second-order valence-corrected chi connectivity index (χ2v) is 5.34. The monoisotopic (exact) mass is 324 g/mol. The van der Waals surface area contributed by atoms with Crippen LogP contribution in [-0.2, 0) is 0 Å². The molecule has 0 aliphatic rings. The molecule has 0 aliphatic carbocycles. The van der Waals surface area contributed by atoms with Crippen molar-refractivity contribution in [3.05, 3.63) is 78.1 Å². The van der Waals surface area contributed by atoms with Crippen molar-refractivity contribution < 1.29 is 14.2 Å². The molecule has 0 amide bonds. The molecule has 0 saturated carbocycles. The average Bonchev–Trinajstić information content (AvgIpc) is 2.64. The molecule has 0 spiro atoms. The summed E-state index contributed by atoms with van der Waals surface area (Å²) in [4.78, 5) is 8.42. The highest BCUT2D eigenvalue weighted by atomic mass is 19.1. The minimum absolute atomic E-state index is 0.0481. The molecule has 0 saturated heterocycles. The van der Waals surface area contributed by atoms with Gasteiger partial charge in [-0.25, -0.2) is 4.39 Å². The molecule has 5 heteroatoms. The van der Waals surface area contributed by atoms with Crippen LogP contribution in [0.4, 0.5) is 4.39 Å². The predicted octanol–water partition coefficient (Wildman–Crippen LogP) is 3.42. The second kappa shape index (κ2) is 7.19. The molecule has 3 rings (SSSR count). The quantitative estimate of drug-likeness (QED) is 0.781. The number of hydrogen-bond acceptors (Lipinski definition) is 4. The Hall–Kier alpha value is -2.79. The van der Waals surface area contributed by atoms with Gasteiger partial charge in [-0.2, -0.15) is 0 Å². The molecule has 1 aromatic carbocycles. The third kappa shape index (κ3) is 3.26. The Morgan fingerprint density at radius 2 is 1.83 bits per heavy atom. The molecule has 4 nitrogen and oxygen atoms in total. The highest BCUT2D eigenvalue weighted by Crippen LogP contribution is 2.27. The Bertz CT molecular complexity index is 807. The van der Waals surface area contributed by atoms with Gasteiger partial charge in [0.2, 0.25) is 0 Å². The van der Waals surface area contributed by atoms with Gasteiger partial charge in [-0.15, -0.1) is 0 Å². The first-order valence-corrected chi connectivity index (χ1v) is 7.53. The van der Waals surface area contributed by atoms with Gasteiger partial charge in [0.05, 0.1) is 19.4 Å². The molecule has 1 unspecified atom stereocenters. The van der Waals surface area contributed by atoms with Gasteiger partial charge >= 0.3 is 0 Å². The van der Waals surface area contributed by atoms with Gasteiger partial charge in [-0.3, -0.25) is 9.97 Å². The minimum atomic E-state index is -0.413. The number of aliphatic hydroxyl groups is 1. The lowest BCUT2D eigenvalue weighted by Crippen LogP contribution is -2.08. The zero-order valence-corrected chi connectivity index (χ0v) is 13.2. The summed E-state index contributed by atoms with van der Waals surface area (Å²) >= 11 is 0. The topological polar surface area (TPSA) is 55.2 Å². The van der Waals surface area contributed by atoms with Crippen LogP contribution in [-0.4, -0.2) is 28.8 Å². The van der Waals surface area contributed by atoms with E-state index >= 15 is 0 Å². The molecular weight excluding hydrogens is 307 g/mol. The van der Waals surface area contributed by atoms with Crippen LogP contribution in [0.15, 0.2) is 61.1 Å². The number of aliphatic hydroxyl groups excluding tert-OH is 1. The number of aromatic nitrogens is 2. The molecule has 2 aromatic heterocycles. The van der Waals surface area contributed by atoms with Gasteiger partial charge < -0.3 is 9.84 Å². The number of pyridine rings is 2. The van der Waals surface area contributed by atoms with E-state index in [1.807, 2.05) is 24.3 Å². The normalized spacial score (nSPS) is 12.0. The molecule has 3 aromatic rings. The summed E-state index contributed by atoms with van der Waals surface area (Å²) in [7, 11) is 1.43. The van der Waals surface area contributed by atoms with Crippen molar-refractivity contribution in [2.45, 2.75) is 5.92 Å². The van der Waals surface area contributed by atoms with Crippen LogP contribution in [0, 0.1) is 5.82 Å². The fourth-order valence-electron chi connectivity index (χ4n) is 2.59. The molecule has 1 N–H and O–H groups in total. The summed E-state index contributed by atoms with van der Waals surface area (Å²) in [5, 5.41) is 9.69. The lowest BCUT2D eigenvalue weighted by Gasteiger charge is -2.14. The third-order valence-electron chi connectivity index (χ3n) is 3.92. The van der Waals surface area contributed by atoms with E-state index in [1.165, 1.54) is 13.2 Å². The molecule has 0 radical (unpaired) electrons. The van der Waals surface area contributed by atoms with Crippen LogP contribution in [0.5, 0.6) is 5.75 Å². The van der Waals surface area contributed by atoms with Gasteiger partial charge in [0.15, 0.2) is 11.6 Å². The Morgan fingerprint density at radius 3 is 2.42 bits per heavy atom. The van der Waals surface area contributed by atoms with E-state index in [4.69, 9.17) is 4.74 Å². The Kier molecular flexibility index (Phi) is 4.82. The van der Waals surface area contributed by atoms with Crippen LogP contribution in [0.3, 0.4) is 0 Å². The van der Waals surface area contributed by atoms with Gasteiger partial charge in [0.25, 0.3) is 0 Å². The van der Waals surface area contributed by atoms with E-state index in [-0.39, 0.29) is 18.3 Å². The summed E-state index contributed by atoms with van der Waals surface area (Å²) in [5.74, 6) is -0.417. The summed E-state index contributed by atoms with van der Waals surface area (Å²) in [5.41, 5.74) is 3.22. The maximum absolute atomic E-state index is 13.8. The van der Waals surface area contributed by atoms with Crippen molar-refractivity contribution in [3.63, 3.8) is 0 Å². The summed E-state index contributed by atoms with van der Waals surface area (Å²) in [6.07, 6.45) is 5.05. The maximum Gasteiger partial charge on any atom is 0.165 e. The van der Waals surface area contributed by atoms with Crippen molar-refractivity contribution in [2.24, 2.45) is 0 Å². The first kappa shape index (κ1) is 16.1. The van der Waals surface area contributed by atoms with Crippen molar-refractivity contribution in [1.82, 2.24) is 9.97 Å². The molecular formula is C19H17FN2O2. The van der Waals surface area contributed by atoms with Crippen molar-refractivity contribution in [1.29, 1.82) is 0 Å².